The van der Waals surface area contributed by atoms with Crippen molar-refractivity contribution in [1.82, 2.24) is 4.90 Å². The molecule has 0 fully saturated rings. The number of hydrogen-bond acceptors (Lipinski definition) is 2. The summed E-state index contributed by atoms with van der Waals surface area (Å²) in [7, 11) is 0. The maximum atomic E-state index is 12.4. The van der Waals surface area contributed by atoms with E-state index in [2.05, 4.69) is 0 Å². The minimum atomic E-state index is -2.56. The lowest BCUT2D eigenvalue weighted by molar-refractivity contribution is -0.136. The predicted molar refractivity (Wildman–Crippen MR) is 66.2 cm³/mol. The van der Waals surface area contributed by atoms with Crippen molar-refractivity contribution in [2.45, 2.75) is 32.4 Å². The summed E-state index contributed by atoms with van der Waals surface area (Å²) >= 11 is 0. The van der Waals surface area contributed by atoms with E-state index in [0.29, 0.717) is 5.56 Å². The Balaban J connectivity index is 2.83. The third-order valence-corrected chi connectivity index (χ3v) is 2.67. The number of halogens is 2. The van der Waals surface area contributed by atoms with Crippen LogP contribution in [0.1, 0.15) is 25.5 Å². The molecular formula is C13H18F2N2O. The Morgan fingerprint density at radius 3 is 2.28 bits per heavy atom. The fourth-order valence-electron chi connectivity index (χ4n) is 1.69. The van der Waals surface area contributed by atoms with Gasteiger partial charge in [0.05, 0.1) is 6.54 Å². The minimum Gasteiger partial charge on any atom is -0.333 e. The Morgan fingerprint density at radius 1 is 1.28 bits per heavy atom. The standard InChI is InChI=1S/C13H18F2N2O/c1-9(2)17(8-11(14)15)13(18)12(16)10-6-4-3-5-7-10/h3-7,9,11-12H,8,16H2,1-2H3/t12-/m1/s1. The van der Waals surface area contributed by atoms with Crippen LogP contribution < -0.4 is 5.73 Å². The van der Waals surface area contributed by atoms with Gasteiger partial charge in [-0.05, 0) is 19.4 Å². The van der Waals surface area contributed by atoms with Gasteiger partial charge < -0.3 is 10.6 Å². The van der Waals surface area contributed by atoms with E-state index in [1.807, 2.05) is 0 Å². The average molecular weight is 256 g/mol. The lowest BCUT2D eigenvalue weighted by Crippen LogP contribution is -2.45. The maximum absolute atomic E-state index is 12.4. The van der Waals surface area contributed by atoms with Crippen LogP contribution in [0.15, 0.2) is 30.3 Å². The molecule has 0 spiro atoms. The molecule has 0 bridgehead atoms. The highest BCUT2D eigenvalue weighted by Crippen LogP contribution is 2.15. The molecule has 1 atom stereocenters. The molecule has 0 saturated carbocycles. The number of rotatable bonds is 5. The van der Waals surface area contributed by atoms with Crippen LogP contribution in [0.2, 0.25) is 0 Å². The van der Waals surface area contributed by atoms with Gasteiger partial charge >= 0.3 is 0 Å². The van der Waals surface area contributed by atoms with Crippen molar-refractivity contribution in [3.8, 4) is 0 Å². The molecule has 1 aromatic rings. The average Bonchev–Trinajstić information content (AvgIpc) is 2.34. The van der Waals surface area contributed by atoms with Gasteiger partial charge in [-0.25, -0.2) is 8.78 Å². The molecule has 0 aliphatic rings. The van der Waals surface area contributed by atoms with Gasteiger partial charge in [-0.3, -0.25) is 4.79 Å². The summed E-state index contributed by atoms with van der Waals surface area (Å²) in [6, 6.07) is 7.55. The second-order valence-electron chi connectivity index (χ2n) is 4.36. The number of hydrogen-bond donors (Lipinski definition) is 1. The smallest absolute Gasteiger partial charge is 0.255 e. The van der Waals surface area contributed by atoms with Gasteiger partial charge in [0.2, 0.25) is 5.91 Å². The number of alkyl halides is 2. The summed E-state index contributed by atoms with van der Waals surface area (Å²) in [6.07, 6.45) is -2.56. The summed E-state index contributed by atoms with van der Waals surface area (Å²) in [5.74, 6) is -0.475. The molecule has 0 heterocycles. The lowest BCUT2D eigenvalue weighted by atomic mass is 10.1. The van der Waals surface area contributed by atoms with Crippen LogP contribution in [-0.2, 0) is 4.79 Å². The molecule has 18 heavy (non-hydrogen) atoms. The van der Waals surface area contributed by atoms with E-state index >= 15 is 0 Å². The normalized spacial score (nSPS) is 12.8. The van der Waals surface area contributed by atoms with Gasteiger partial charge in [0.1, 0.15) is 6.04 Å². The largest absolute Gasteiger partial charge is 0.333 e. The van der Waals surface area contributed by atoms with E-state index < -0.39 is 24.9 Å². The number of nitrogens with two attached hydrogens (primary N) is 1. The summed E-state index contributed by atoms with van der Waals surface area (Å²) in [6.45, 7) is 2.80. The van der Waals surface area contributed by atoms with Gasteiger partial charge in [0.15, 0.2) is 0 Å². The number of benzene rings is 1. The molecule has 3 nitrogen and oxygen atoms in total. The highest BCUT2D eigenvalue weighted by molar-refractivity contribution is 5.83. The number of carbonyl (C=O) groups is 1. The first kappa shape index (κ1) is 14.6. The molecule has 0 unspecified atom stereocenters. The van der Waals surface area contributed by atoms with Crippen molar-refractivity contribution < 1.29 is 13.6 Å². The maximum Gasteiger partial charge on any atom is 0.255 e. The van der Waals surface area contributed by atoms with Crippen molar-refractivity contribution in [3.05, 3.63) is 35.9 Å². The van der Waals surface area contributed by atoms with Gasteiger partial charge in [-0.1, -0.05) is 30.3 Å². The molecule has 0 radical (unpaired) electrons. The zero-order chi connectivity index (χ0) is 13.7. The van der Waals surface area contributed by atoms with E-state index in [9.17, 15) is 13.6 Å². The molecule has 1 aromatic carbocycles. The fraction of sp³-hybridized carbons (Fsp3) is 0.462. The van der Waals surface area contributed by atoms with Crippen molar-refractivity contribution in [1.29, 1.82) is 0 Å². The summed E-state index contributed by atoms with van der Waals surface area (Å²) in [5, 5.41) is 0. The van der Waals surface area contributed by atoms with Crippen LogP contribution >= 0.6 is 0 Å². The Morgan fingerprint density at radius 2 is 1.83 bits per heavy atom. The molecule has 5 heteroatoms. The number of nitrogens with zero attached hydrogens (tertiary/aromatic N) is 1. The number of amides is 1. The fourth-order valence-corrected chi connectivity index (χ4v) is 1.69. The van der Waals surface area contributed by atoms with Gasteiger partial charge in [-0.15, -0.1) is 0 Å². The van der Waals surface area contributed by atoms with Crippen LogP contribution in [0, 0.1) is 0 Å². The topological polar surface area (TPSA) is 46.3 Å². The van der Waals surface area contributed by atoms with Gasteiger partial charge in [-0.2, -0.15) is 0 Å². The zero-order valence-corrected chi connectivity index (χ0v) is 10.5. The molecule has 0 aliphatic carbocycles. The molecule has 1 rings (SSSR count). The van der Waals surface area contributed by atoms with Crippen LogP contribution in [0.5, 0.6) is 0 Å². The first-order valence-electron chi connectivity index (χ1n) is 5.82. The molecule has 0 saturated heterocycles. The molecule has 2 N–H and O–H groups in total. The van der Waals surface area contributed by atoms with Gasteiger partial charge in [0, 0.05) is 6.04 Å². The van der Waals surface area contributed by atoms with Crippen LogP contribution in [0.25, 0.3) is 0 Å². The van der Waals surface area contributed by atoms with E-state index in [0.717, 1.165) is 4.90 Å². The Kier molecular flexibility index (Phi) is 5.22. The van der Waals surface area contributed by atoms with Crippen LogP contribution in [-0.4, -0.2) is 29.8 Å². The van der Waals surface area contributed by atoms with Crippen molar-refractivity contribution in [2.75, 3.05) is 6.54 Å². The molecule has 100 valence electrons. The predicted octanol–water partition coefficient (Wildman–Crippen LogP) is 2.19. The molecule has 0 aliphatic heterocycles. The molecule has 1 amide bonds. The van der Waals surface area contributed by atoms with E-state index in [4.69, 9.17) is 5.73 Å². The number of carbonyl (C=O) groups excluding carboxylic acids is 1. The Hall–Kier alpha value is -1.49. The molecular weight excluding hydrogens is 238 g/mol. The summed E-state index contributed by atoms with van der Waals surface area (Å²) in [5.41, 5.74) is 6.44. The molecule has 0 aromatic heterocycles. The SMILES string of the molecule is CC(C)N(CC(F)F)C(=O)[C@H](N)c1ccccc1. The Bertz CT molecular complexity index is 382. The summed E-state index contributed by atoms with van der Waals surface area (Å²) in [4.78, 5) is 13.2. The summed E-state index contributed by atoms with van der Waals surface area (Å²) < 4.78 is 24.9. The van der Waals surface area contributed by atoms with Crippen LogP contribution in [0.3, 0.4) is 0 Å². The van der Waals surface area contributed by atoms with E-state index in [1.54, 1.807) is 44.2 Å². The van der Waals surface area contributed by atoms with E-state index in [-0.39, 0.29) is 6.04 Å². The zero-order valence-electron chi connectivity index (χ0n) is 10.5. The second kappa shape index (κ2) is 6.44. The van der Waals surface area contributed by atoms with Crippen LogP contribution in [0.4, 0.5) is 8.78 Å². The monoisotopic (exact) mass is 256 g/mol. The highest BCUT2D eigenvalue weighted by Gasteiger charge is 2.26. The van der Waals surface area contributed by atoms with Crippen molar-refractivity contribution in [2.24, 2.45) is 5.73 Å². The second-order valence-corrected chi connectivity index (χ2v) is 4.36. The van der Waals surface area contributed by atoms with Crippen molar-refractivity contribution in [3.63, 3.8) is 0 Å². The first-order valence-corrected chi connectivity index (χ1v) is 5.82. The van der Waals surface area contributed by atoms with Gasteiger partial charge in [0.25, 0.3) is 6.43 Å². The third kappa shape index (κ3) is 3.77. The highest BCUT2D eigenvalue weighted by atomic mass is 19.3. The first-order chi connectivity index (χ1) is 8.43. The minimum absolute atomic E-state index is 0.304. The quantitative estimate of drug-likeness (QED) is 0.877. The van der Waals surface area contributed by atoms with E-state index in [1.165, 1.54) is 0 Å². The van der Waals surface area contributed by atoms with Crippen molar-refractivity contribution >= 4 is 5.91 Å². The lowest BCUT2D eigenvalue weighted by Gasteiger charge is -2.29. The Labute approximate surface area is 106 Å². The third-order valence-electron chi connectivity index (χ3n) is 2.67.